The van der Waals surface area contributed by atoms with Crippen molar-refractivity contribution in [3.63, 3.8) is 0 Å². The first kappa shape index (κ1) is 12.7. The molecule has 0 heterocycles. The average Bonchev–Trinajstić information content (AvgIpc) is 2.48. The molecule has 0 bridgehead atoms. The number of terminal acetylenes is 1. The van der Waals surface area contributed by atoms with Gasteiger partial charge in [-0.15, -0.1) is 6.42 Å². The molecule has 2 rings (SSSR count). The maximum Gasteiger partial charge on any atom is 0.300 e. The summed E-state index contributed by atoms with van der Waals surface area (Å²) in [6.45, 7) is 0. The molecule has 0 aliphatic rings. The second kappa shape index (κ2) is 5.74. The number of hydrogen-bond donors (Lipinski definition) is 1. The van der Waals surface area contributed by atoms with Crippen LogP contribution in [0.3, 0.4) is 0 Å². The summed E-state index contributed by atoms with van der Waals surface area (Å²) in [5.41, 5.74) is 2.60. The van der Waals surface area contributed by atoms with Crippen molar-refractivity contribution in [3.8, 4) is 29.2 Å². The van der Waals surface area contributed by atoms with Crippen molar-refractivity contribution in [2.75, 3.05) is 12.4 Å². The van der Waals surface area contributed by atoms with E-state index in [-0.39, 0.29) is 0 Å². The van der Waals surface area contributed by atoms with Gasteiger partial charge in [-0.05, 0) is 29.2 Å². The summed E-state index contributed by atoms with van der Waals surface area (Å²) >= 11 is 0. The number of nitrogens with one attached hydrogen (secondary N) is 1. The van der Waals surface area contributed by atoms with Gasteiger partial charge in [0.2, 0.25) is 0 Å². The summed E-state index contributed by atoms with van der Waals surface area (Å²) in [7, 11) is 1.54. The topological polar surface area (TPSA) is 38.3 Å². The fourth-order valence-corrected chi connectivity index (χ4v) is 1.77. The van der Waals surface area contributed by atoms with E-state index in [9.17, 15) is 4.79 Å². The van der Waals surface area contributed by atoms with Crippen LogP contribution in [0.1, 0.15) is 0 Å². The van der Waals surface area contributed by atoms with Crippen molar-refractivity contribution < 1.29 is 9.53 Å². The van der Waals surface area contributed by atoms with Gasteiger partial charge in [-0.2, -0.15) is 0 Å². The standard InChI is InChI=1S/C16H13NO2/c1-3-16(18)17-14-11-13(9-10-15(14)19-2)12-7-5-4-6-8-12/h1,4-11H,2H3,(H,17,18). The zero-order valence-electron chi connectivity index (χ0n) is 10.5. The zero-order chi connectivity index (χ0) is 13.7. The predicted octanol–water partition coefficient (Wildman–Crippen LogP) is 2.93. The Hall–Kier alpha value is -2.73. The smallest absolute Gasteiger partial charge is 0.300 e. The Bertz CT molecular complexity index is 627. The maximum absolute atomic E-state index is 11.3. The van der Waals surface area contributed by atoms with Gasteiger partial charge in [-0.1, -0.05) is 36.4 Å². The van der Waals surface area contributed by atoms with Gasteiger partial charge in [0.05, 0.1) is 12.8 Å². The summed E-state index contributed by atoms with van der Waals surface area (Å²) in [6, 6.07) is 15.4. The molecule has 3 nitrogen and oxygen atoms in total. The van der Waals surface area contributed by atoms with Gasteiger partial charge in [0.25, 0.3) is 5.91 Å². The van der Waals surface area contributed by atoms with Crippen molar-refractivity contribution in [3.05, 3.63) is 48.5 Å². The number of amides is 1. The van der Waals surface area contributed by atoms with E-state index in [0.29, 0.717) is 11.4 Å². The monoisotopic (exact) mass is 251 g/mol. The molecule has 0 fully saturated rings. The third-order valence-electron chi connectivity index (χ3n) is 2.69. The number of rotatable bonds is 3. The van der Waals surface area contributed by atoms with Crippen LogP contribution in [-0.4, -0.2) is 13.0 Å². The van der Waals surface area contributed by atoms with E-state index < -0.39 is 5.91 Å². The van der Waals surface area contributed by atoms with E-state index in [4.69, 9.17) is 11.2 Å². The van der Waals surface area contributed by atoms with Gasteiger partial charge in [-0.3, -0.25) is 4.79 Å². The van der Waals surface area contributed by atoms with Crippen molar-refractivity contribution in [1.82, 2.24) is 0 Å². The Labute approximate surface area is 112 Å². The molecule has 0 spiro atoms. The van der Waals surface area contributed by atoms with Crippen LogP contribution < -0.4 is 10.1 Å². The highest BCUT2D eigenvalue weighted by molar-refractivity contribution is 6.04. The zero-order valence-corrected chi connectivity index (χ0v) is 10.5. The molecule has 1 amide bonds. The SMILES string of the molecule is C#CC(=O)Nc1cc(-c2ccccc2)ccc1OC. The van der Waals surface area contributed by atoms with Crippen molar-refractivity contribution in [2.45, 2.75) is 0 Å². The largest absolute Gasteiger partial charge is 0.495 e. The molecule has 0 aliphatic carbocycles. The fraction of sp³-hybridized carbons (Fsp3) is 0.0625. The lowest BCUT2D eigenvalue weighted by atomic mass is 10.0. The third kappa shape index (κ3) is 2.93. The molecule has 0 unspecified atom stereocenters. The summed E-state index contributed by atoms with van der Waals surface area (Å²) in [5.74, 6) is 2.09. The van der Waals surface area contributed by atoms with E-state index >= 15 is 0 Å². The molecule has 0 radical (unpaired) electrons. The fourth-order valence-electron chi connectivity index (χ4n) is 1.77. The Morgan fingerprint density at radius 3 is 2.53 bits per heavy atom. The van der Waals surface area contributed by atoms with E-state index in [1.54, 1.807) is 13.2 Å². The van der Waals surface area contributed by atoms with Crippen LogP contribution in [0.25, 0.3) is 11.1 Å². The van der Waals surface area contributed by atoms with E-state index in [1.807, 2.05) is 48.4 Å². The normalized spacial score (nSPS) is 9.47. The maximum atomic E-state index is 11.3. The lowest BCUT2D eigenvalue weighted by Crippen LogP contribution is -2.09. The number of anilines is 1. The number of hydrogen-bond acceptors (Lipinski definition) is 2. The minimum absolute atomic E-state index is 0.497. The van der Waals surface area contributed by atoms with Crippen LogP contribution in [0.5, 0.6) is 5.75 Å². The molecule has 0 aromatic heterocycles. The van der Waals surface area contributed by atoms with Crippen molar-refractivity contribution in [2.24, 2.45) is 0 Å². The third-order valence-corrected chi connectivity index (χ3v) is 2.69. The number of methoxy groups -OCH3 is 1. The van der Waals surface area contributed by atoms with Crippen LogP contribution in [0.15, 0.2) is 48.5 Å². The first-order valence-corrected chi connectivity index (χ1v) is 5.75. The van der Waals surface area contributed by atoms with Gasteiger partial charge in [0.1, 0.15) is 5.75 Å². The second-order valence-corrected chi connectivity index (χ2v) is 3.88. The molecule has 2 aromatic rings. The van der Waals surface area contributed by atoms with Crippen LogP contribution in [0, 0.1) is 12.3 Å². The average molecular weight is 251 g/mol. The highest BCUT2D eigenvalue weighted by Gasteiger charge is 2.07. The van der Waals surface area contributed by atoms with Crippen LogP contribution in [0.2, 0.25) is 0 Å². The Morgan fingerprint density at radius 2 is 1.89 bits per heavy atom. The molecule has 0 saturated carbocycles. The first-order valence-electron chi connectivity index (χ1n) is 5.75. The molecule has 3 heteroatoms. The number of ether oxygens (including phenoxy) is 1. The summed E-state index contributed by atoms with van der Waals surface area (Å²) < 4.78 is 5.20. The summed E-state index contributed by atoms with van der Waals surface area (Å²) in [5, 5.41) is 2.62. The molecule has 2 aromatic carbocycles. The molecule has 19 heavy (non-hydrogen) atoms. The van der Waals surface area contributed by atoms with Crippen molar-refractivity contribution in [1.29, 1.82) is 0 Å². The Balaban J connectivity index is 2.41. The Kier molecular flexibility index (Phi) is 3.84. The molecule has 0 aliphatic heterocycles. The highest BCUT2D eigenvalue weighted by atomic mass is 16.5. The van der Waals surface area contributed by atoms with Crippen LogP contribution in [0.4, 0.5) is 5.69 Å². The lowest BCUT2D eigenvalue weighted by molar-refractivity contribution is -0.111. The minimum Gasteiger partial charge on any atom is -0.495 e. The van der Waals surface area contributed by atoms with Gasteiger partial charge in [0, 0.05) is 0 Å². The minimum atomic E-state index is -0.497. The number of carbonyl (C=O) groups is 1. The van der Waals surface area contributed by atoms with Gasteiger partial charge < -0.3 is 10.1 Å². The first-order chi connectivity index (χ1) is 9.24. The highest BCUT2D eigenvalue weighted by Crippen LogP contribution is 2.30. The number of benzene rings is 2. The lowest BCUT2D eigenvalue weighted by Gasteiger charge is -2.10. The molecule has 0 atom stereocenters. The van der Waals surface area contributed by atoms with Gasteiger partial charge >= 0.3 is 0 Å². The molecule has 1 N–H and O–H groups in total. The number of carbonyl (C=O) groups excluding carboxylic acids is 1. The summed E-state index contributed by atoms with van der Waals surface area (Å²) in [6.07, 6.45) is 5.06. The van der Waals surface area contributed by atoms with Crippen LogP contribution >= 0.6 is 0 Å². The predicted molar refractivity (Wildman–Crippen MR) is 75.9 cm³/mol. The van der Waals surface area contributed by atoms with E-state index in [2.05, 4.69) is 5.32 Å². The van der Waals surface area contributed by atoms with E-state index in [0.717, 1.165) is 11.1 Å². The van der Waals surface area contributed by atoms with Crippen molar-refractivity contribution >= 4 is 11.6 Å². The molecule has 0 saturated heterocycles. The molecular weight excluding hydrogens is 238 g/mol. The molecule has 94 valence electrons. The van der Waals surface area contributed by atoms with Gasteiger partial charge in [0.15, 0.2) is 0 Å². The van der Waals surface area contributed by atoms with Gasteiger partial charge in [-0.25, -0.2) is 0 Å². The summed E-state index contributed by atoms with van der Waals surface area (Å²) in [4.78, 5) is 11.3. The van der Waals surface area contributed by atoms with E-state index in [1.165, 1.54) is 0 Å². The molecular formula is C16H13NO2. The van der Waals surface area contributed by atoms with Crippen LogP contribution in [-0.2, 0) is 4.79 Å². The quantitative estimate of drug-likeness (QED) is 0.852. The second-order valence-electron chi connectivity index (χ2n) is 3.88. The Morgan fingerprint density at radius 1 is 1.16 bits per heavy atom.